The average Bonchev–Trinajstić information content (AvgIpc) is 2.63. The molecule has 1 heterocycles. The average molecular weight is 352 g/mol. The standard InChI is InChI=1S/C20H21FN4O/c1-4-10-23-20(26)19-17(22)14-8-9-15(21)16(18(14)24-25-19)13-7-5-6-11(2)12(13)3/h5-9H,4,10H2,1-3H3,(H2,22,24)(H,23,26). The second-order valence-electron chi connectivity index (χ2n) is 6.28. The third-order valence-electron chi connectivity index (χ3n) is 4.55. The van der Waals surface area contributed by atoms with E-state index in [0.717, 1.165) is 23.1 Å². The highest BCUT2D eigenvalue weighted by Crippen LogP contribution is 2.35. The summed E-state index contributed by atoms with van der Waals surface area (Å²) in [5, 5.41) is 11.4. The molecule has 3 N–H and O–H groups in total. The van der Waals surface area contributed by atoms with Crippen LogP contribution in [-0.2, 0) is 0 Å². The molecular formula is C20H21FN4O. The first-order chi connectivity index (χ1) is 12.5. The summed E-state index contributed by atoms with van der Waals surface area (Å²) in [7, 11) is 0. The summed E-state index contributed by atoms with van der Waals surface area (Å²) in [6.07, 6.45) is 0.800. The summed E-state index contributed by atoms with van der Waals surface area (Å²) < 4.78 is 14.7. The number of carbonyl (C=O) groups excluding carboxylic acids is 1. The molecule has 0 aliphatic carbocycles. The Labute approximate surface area is 151 Å². The Morgan fingerprint density at radius 3 is 2.69 bits per heavy atom. The molecule has 5 nitrogen and oxygen atoms in total. The Hall–Kier alpha value is -3.02. The lowest BCUT2D eigenvalue weighted by atomic mass is 9.94. The molecule has 1 aromatic heterocycles. The van der Waals surface area contributed by atoms with Crippen LogP contribution in [0.2, 0.25) is 0 Å². The fourth-order valence-electron chi connectivity index (χ4n) is 2.94. The van der Waals surface area contributed by atoms with Crippen LogP contribution in [0.15, 0.2) is 30.3 Å². The number of hydrogen-bond acceptors (Lipinski definition) is 4. The van der Waals surface area contributed by atoms with Gasteiger partial charge < -0.3 is 11.1 Å². The maximum absolute atomic E-state index is 14.7. The molecule has 0 aliphatic rings. The molecule has 2 aromatic carbocycles. The molecule has 0 atom stereocenters. The van der Waals surface area contributed by atoms with Crippen LogP contribution < -0.4 is 11.1 Å². The number of hydrogen-bond donors (Lipinski definition) is 2. The van der Waals surface area contributed by atoms with Crippen molar-refractivity contribution in [2.75, 3.05) is 12.3 Å². The first-order valence-corrected chi connectivity index (χ1v) is 8.54. The fourth-order valence-corrected chi connectivity index (χ4v) is 2.94. The number of aryl methyl sites for hydroxylation is 1. The number of nitrogens with two attached hydrogens (primary N) is 1. The second kappa shape index (κ2) is 7.07. The molecule has 0 saturated carbocycles. The minimum Gasteiger partial charge on any atom is -0.396 e. The van der Waals surface area contributed by atoms with Crippen molar-refractivity contribution in [1.82, 2.24) is 15.5 Å². The number of aromatic nitrogens is 2. The first kappa shape index (κ1) is 17.8. The topological polar surface area (TPSA) is 80.9 Å². The van der Waals surface area contributed by atoms with Gasteiger partial charge in [0, 0.05) is 17.5 Å². The maximum Gasteiger partial charge on any atom is 0.273 e. The second-order valence-corrected chi connectivity index (χ2v) is 6.28. The van der Waals surface area contributed by atoms with Crippen LogP contribution in [-0.4, -0.2) is 22.6 Å². The van der Waals surface area contributed by atoms with E-state index in [2.05, 4.69) is 15.5 Å². The van der Waals surface area contributed by atoms with Crippen LogP contribution in [0.3, 0.4) is 0 Å². The van der Waals surface area contributed by atoms with Crippen LogP contribution in [0, 0.1) is 19.7 Å². The van der Waals surface area contributed by atoms with Crippen molar-refractivity contribution in [3.8, 4) is 11.1 Å². The molecule has 0 bridgehead atoms. The zero-order valence-corrected chi connectivity index (χ0v) is 15.1. The summed E-state index contributed by atoms with van der Waals surface area (Å²) in [5.41, 5.74) is 9.89. The SMILES string of the molecule is CCCNC(=O)c1nnc2c(-c3cccc(C)c3C)c(F)ccc2c1N. The number of nitrogens with zero attached hydrogens (tertiary/aromatic N) is 2. The molecule has 0 fully saturated rings. The van der Waals surface area contributed by atoms with Crippen molar-refractivity contribution in [2.24, 2.45) is 0 Å². The van der Waals surface area contributed by atoms with E-state index < -0.39 is 5.82 Å². The number of anilines is 1. The molecule has 6 heteroatoms. The number of halogens is 1. The van der Waals surface area contributed by atoms with Gasteiger partial charge in [-0.3, -0.25) is 4.79 Å². The van der Waals surface area contributed by atoms with Gasteiger partial charge in [-0.25, -0.2) is 4.39 Å². The summed E-state index contributed by atoms with van der Waals surface area (Å²) in [5.74, 6) is -0.778. The predicted molar refractivity (Wildman–Crippen MR) is 101 cm³/mol. The Morgan fingerprint density at radius 1 is 1.19 bits per heavy atom. The van der Waals surface area contributed by atoms with Gasteiger partial charge in [-0.1, -0.05) is 25.1 Å². The number of nitrogens with one attached hydrogen (secondary N) is 1. The number of rotatable bonds is 4. The maximum atomic E-state index is 14.7. The number of carbonyl (C=O) groups is 1. The van der Waals surface area contributed by atoms with Gasteiger partial charge >= 0.3 is 0 Å². The molecule has 0 radical (unpaired) electrons. The summed E-state index contributed by atoms with van der Waals surface area (Å²) in [6, 6.07) is 8.59. The van der Waals surface area contributed by atoms with Crippen molar-refractivity contribution >= 4 is 22.5 Å². The van der Waals surface area contributed by atoms with E-state index in [1.165, 1.54) is 6.07 Å². The minimum absolute atomic E-state index is 0.0597. The van der Waals surface area contributed by atoms with Gasteiger partial charge in [0.2, 0.25) is 0 Å². The van der Waals surface area contributed by atoms with Crippen LogP contribution in [0.4, 0.5) is 10.1 Å². The third kappa shape index (κ3) is 2.98. The predicted octanol–water partition coefficient (Wildman–Crippen LogP) is 3.77. The van der Waals surface area contributed by atoms with E-state index in [1.54, 1.807) is 6.07 Å². The normalized spacial score (nSPS) is 10.9. The lowest BCUT2D eigenvalue weighted by Gasteiger charge is -2.14. The molecule has 0 aliphatic heterocycles. The van der Waals surface area contributed by atoms with Crippen LogP contribution >= 0.6 is 0 Å². The highest BCUT2D eigenvalue weighted by molar-refractivity contribution is 6.07. The molecular weight excluding hydrogens is 331 g/mol. The zero-order chi connectivity index (χ0) is 18.8. The van der Waals surface area contributed by atoms with E-state index >= 15 is 0 Å². The fraction of sp³-hybridized carbons (Fsp3) is 0.250. The molecule has 0 spiro atoms. The van der Waals surface area contributed by atoms with Crippen molar-refractivity contribution in [2.45, 2.75) is 27.2 Å². The minimum atomic E-state index is -0.400. The molecule has 1 amide bonds. The Balaban J connectivity index is 2.23. The molecule has 134 valence electrons. The van der Waals surface area contributed by atoms with Gasteiger partial charge in [-0.2, -0.15) is 0 Å². The van der Waals surface area contributed by atoms with Gasteiger partial charge in [0.15, 0.2) is 5.69 Å². The summed E-state index contributed by atoms with van der Waals surface area (Å²) >= 11 is 0. The van der Waals surface area contributed by atoms with Crippen molar-refractivity contribution in [3.05, 3.63) is 53.0 Å². The largest absolute Gasteiger partial charge is 0.396 e. The number of amides is 1. The zero-order valence-electron chi connectivity index (χ0n) is 15.1. The molecule has 3 rings (SSSR count). The first-order valence-electron chi connectivity index (χ1n) is 8.54. The van der Waals surface area contributed by atoms with Gasteiger partial charge in [-0.15, -0.1) is 10.2 Å². The number of benzene rings is 2. The van der Waals surface area contributed by atoms with Gasteiger partial charge in [0.1, 0.15) is 11.3 Å². The van der Waals surface area contributed by atoms with Gasteiger partial charge in [0.05, 0.1) is 5.69 Å². The number of nitrogen functional groups attached to an aromatic ring is 1. The van der Waals surface area contributed by atoms with E-state index in [9.17, 15) is 9.18 Å². The Bertz CT molecular complexity index is 1000. The third-order valence-corrected chi connectivity index (χ3v) is 4.55. The quantitative estimate of drug-likeness (QED) is 0.749. The lowest BCUT2D eigenvalue weighted by Crippen LogP contribution is -2.26. The molecule has 3 aromatic rings. The molecule has 26 heavy (non-hydrogen) atoms. The highest BCUT2D eigenvalue weighted by Gasteiger charge is 2.20. The van der Waals surface area contributed by atoms with Crippen LogP contribution in [0.5, 0.6) is 0 Å². The van der Waals surface area contributed by atoms with Crippen LogP contribution in [0.25, 0.3) is 22.0 Å². The van der Waals surface area contributed by atoms with Gasteiger partial charge in [-0.05, 0) is 49.1 Å². The molecule has 0 saturated heterocycles. The van der Waals surface area contributed by atoms with Crippen LogP contribution in [0.1, 0.15) is 35.0 Å². The van der Waals surface area contributed by atoms with Gasteiger partial charge in [0.25, 0.3) is 5.91 Å². The van der Waals surface area contributed by atoms with E-state index in [1.807, 2.05) is 39.0 Å². The van der Waals surface area contributed by atoms with E-state index in [-0.39, 0.29) is 17.3 Å². The Morgan fingerprint density at radius 2 is 1.96 bits per heavy atom. The lowest BCUT2D eigenvalue weighted by molar-refractivity contribution is 0.0949. The highest BCUT2D eigenvalue weighted by atomic mass is 19.1. The van der Waals surface area contributed by atoms with Crippen molar-refractivity contribution in [1.29, 1.82) is 0 Å². The Kier molecular flexibility index (Phi) is 4.84. The number of fused-ring (bicyclic) bond motifs is 1. The smallest absolute Gasteiger partial charge is 0.273 e. The van der Waals surface area contributed by atoms with Crippen molar-refractivity contribution in [3.63, 3.8) is 0 Å². The summed E-state index contributed by atoms with van der Waals surface area (Å²) in [4.78, 5) is 12.2. The molecule has 0 unspecified atom stereocenters. The van der Waals surface area contributed by atoms with E-state index in [0.29, 0.717) is 23.0 Å². The van der Waals surface area contributed by atoms with Crippen molar-refractivity contribution < 1.29 is 9.18 Å². The van der Waals surface area contributed by atoms with E-state index in [4.69, 9.17) is 5.73 Å². The monoisotopic (exact) mass is 352 g/mol. The summed E-state index contributed by atoms with van der Waals surface area (Å²) in [6.45, 7) is 6.38.